The fourth-order valence-corrected chi connectivity index (χ4v) is 1.79. The summed E-state index contributed by atoms with van der Waals surface area (Å²) in [6, 6.07) is -0.471. The van der Waals surface area contributed by atoms with Crippen molar-refractivity contribution in [1.82, 2.24) is 9.80 Å². The second-order valence-corrected chi connectivity index (χ2v) is 4.75. The highest BCUT2D eigenvalue weighted by atomic mass is 16.5. The average Bonchev–Trinajstić information content (AvgIpc) is 2.22. The van der Waals surface area contributed by atoms with E-state index in [0.717, 1.165) is 0 Å². The standard InChI is InChI=1S/C12H20N2O5/c1-4-19-10(15)7-14(8(2)3)12(18)13-5-9(6-13)11(16)17/h8-9H,4-7H2,1-3H3,(H,16,17). The van der Waals surface area contributed by atoms with Crippen LogP contribution in [0.1, 0.15) is 20.8 Å². The minimum atomic E-state index is -0.898. The molecule has 0 aromatic heterocycles. The first-order valence-electron chi connectivity index (χ1n) is 6.30. The first-order valence-corrected chi connectivity index (χ1v) is 6.30. The molecule has 0 unspecified atom stereocenters. The van der Waals surface area contributed by atoms with Crippen molar-refractivity contribution in [3.05, 3.63) is 0 Å². The molecule has 1 aliphatic heterocycles. The molecule has 7 heteroatoms. The highest BCUT2D eigenvalue weighted by molar-refractivity contribution is 5.83. The van der Waals surface area contributed by atoms with Gasteiger partial charge in [0.25, 0.3) is 0 Å². The molecule has 1 aliphatic rings. The molecule has 0 atom stereocenters. The Bertz CT molecular complexity index is 363. The highest BCUT2D eigenvalue weighted by Crippen LogP contribution is 2.18. The molecular weight excluding hydrogens is 252 g/mol. The third kappa shape index (κ3) is 3.84. The number of urea groups is 1. The number of amides is 2. The molecule has 19 heavy (non-hydrogen) atoms. The van der Waals surface area contributed by atoms with E-state index in [4.69, 9.17) is 9.84 Å². The number of esters is 1. The molecule has 7 nitrogen and oxygen atoms in total. The van der Waals surface area contributed by atoms with Crippen molar-refractivity contribution < 1.29 is 24.2 Å². The Labute approximate surface area is 112 Å². The maximum Gasteiger partial charge on any atom is 0.325 e. The molecule has 1 rings (SSSR count). The maximum atomic E-state index is 12.1. The zero-order valence-electron chi connectivity index (χ0n) is 11.5. The summed E-state index contributed by atoms with van der Waals surface area (Å²) in [5, 5.41) is 8.77. The van der Waals surface area contributed by atoms with Crippen LogP contribution in [0.5, 0.6) is 0 Å². The van der Waals surface area contributed by atoms with Crippen molar-refractivity contribution in [2.45, 2.75) is 26.8 Å². The molecule has 1 fully saturated rings. The molecule has 2 amide bonds. The van der Waals surface area contributed by atoms with E-state index in [0.29, 0.717) is 0 Å². The lowest BCUT2D eigenvalue weighted by atomic mass is 10.0. The van der Waals surface area contributed by atoms with Gasteiger partial charge in [-0.15, -0.1) is 0 Å². The van der Waals surface area contributed by atoms with E-state index in [2.05, 4.69) is 0 Å². The summed E-state index contributed by atoms with van der Waals surface area (Å²) in [5.41, 5.74) is 0. The monoisotopic (exact) mass is 272 g/mol. The maximum absolute atomic E-state index is 12.1. The Kier molecular flexibility index (Phi) is 5.14. The third-order valence-electron chi connectivity index (χ3n) is 2.98. The lowest BCUT2D eigenvalue weighted by molar-refractivity contribution is -0.148. The number of likely N-dealkylation sites (tertiary alicyclic amines) is 1. The van der Waals surface area contributed by atoms with Crippen LogP contribution in [0.25, 0.3) is 0 Å². The molecule has 0 saturated carbocycles. The number of carboxylic acids is 1. The molecule has 0 aliphatic carbocycles. The van der Waals surface area contributed by atoms with Crippen LogP contribution in [0.15, 0.2) is 0 Å². The highest BCUT2D eigenvalue weighted by Gasteiger charge is 2.38. The van der Waals surface area contributed by atoms with Gasteiger partial charge in [0.15, 0.2) is 0 Å². The predicted octanol–water partition coefficient (Wildman–Crippen LogP) is 0.396. The first kappa shape index (κ1) is 15.3. The van der Waals surface area contributed by atoms with E-state index in [1.165, 1.54) is 9.80 Å². The van der Waals surface area contributed by atoms with Gasteiger partial charge in [0.1, 0.15) is 6.54 Å². The van der Waals surface area contributed by atoms with Crippen molar-refractivity contribution >= 4 is 18.0 Å². The summed E-state index contributed by atoms with van der Waals surface area (Å²) in [6.45, 7) is 5.84. The third-order valence-corrected chi connectivity index (χ3v) is 2.98. The summed E-state index contributed by atoms with van der Waals surface area (Å²) in [4.78, 5) is 37.1. The Morgan fingerprint density at radius 3 is 2.37 bits per heavy atom. The Balaban J connectivity index is 2.55. The van der Waals surface area contributed by atoms with Crippen molar-refractivity contribution in [3.8, 4) is 0 Å². The Hall–Kier alpha value is -1.79. The van der Waals surface area contributed by atoms with E-state index < -0.39 is 17.9 Å². The van der Waals surface area contributed by atoms with Crippen molar-refractivity contribution in [1.29, 1.82) is 0 Å². The van der Waals surface area contributed by atoms with E-state index in [1.54, 1.807) is 20.8 Å². The van der Waals surface area contributed by atoms with Crippen LogP contribution in [0.3, 0.4) is 0 Å². The van der Waals surface area contributed by atoms with Gasteiger partial charge in [0.2, 0.25) is 0 Å². The van der Waals surface area contributed by atoms with Gasteiger partial charge in [-0.25, -0.2) is 4.79 Å². The molecule has 108 valence electrons. The van der Waals surface area contributed by atoms with Crippen LogP contribution in [-0.2, 0) is 14.3 Å². The Morgan fingerprint density at radius 1 is 1.37 bits per heavy atom. The topological polar surface area (TPSA) is 87.2 Å². The summed E-state index contributed by atoms with van der Waals surface area (Å²) in [6.07, 6.45) is 0. The predicted molar refractivity (Wildman–Crippen MR) is 66.6 cm³/mol. The number of carboxylic acid groups (broad SMARTS) is 1. The second-order valence-electron chi connectivity index (χ2n) is 4.75. The lowest BCUT2D eigenvalue weighted by Crippen LogP contribution is -2.58. The molecule has 0 spiro atoms. The molecule has 1 N–H and O–H groups in total. The van der Waals surface area contributed by atoms with Gasteiger partial charge in [-0.2, -0.15) is 0 Å². The SMILES string of the molecule is CCOC(=O)CN(C(=O)N1CC(C(=O)O)C1)C(C)C. The number of ether oxygens (including phenoxy) is 1. The summed E-state index contributed by atoms with van der Waals surface area (Å²) in [5.74, 6) is -1.86. The molecule has 1 saturated heterocycles. The van der Waals surface area contributed by atoms with Gasteiger partial charge in [-0.1, -0.05) is 0 Å². The Morgan fingerprint density at radius 2 is 1.95 bits per heavy atom. The first-order chi connectivity index (χ1) is 8.86. The van der Waals surface area contributed by atoms with Crippen LogP contribution in [0, 0.1) is 5.92 Å². The van der Waals surface area contributed by atoms with E-state index in [-0.39, 0.29) is 38.3 Å². The van der Waals surface area contributed by atoms with E-state index in [9.17, 15) is 14.4 Å². The molecular formula is C12H20N2O5. The number of carbonyl (C=O) groups is 3. The molecule has 1 heterocycles. The number of hydrogen-bond donors (Lipinski definition) is 1. The van der Waals surface area contributed by atoms with Crippen LogP contribution < -0.4 is 0 Å². The zero-order chi connectivity index (χ0) is 14.6. The summed E-state index contributed by atoms with van der Waals surface area (Å²) in [7, 11) is 0. The minimum absolute atomic E-state index is 0.113. The number of aliphatic carboxylic acids is 1. The van der Waals surface area contributed by atoms with Crippen molar-refractivity contribution in [3.63, 3.8) is 0 Å². The van der Waals surface area contributed by atoms with Gasteiger partial charge in [-0.3, -0.25) is 9.59 Å². The van der Waals surface area contributed by atoms with Gasteiger partial charge < -0.3 is 19.6 Å². The quantitative estimate of drug-likeness (QED) is 0.732. The summed E-state index contributed by atoms with van der Waals surface area (Å²) >= 11 is 0. The number of nitrogens with zero attached hydrogens (tertiary/aromatic N) is 2. The fraction of sp³-hybridized carbons (Fsp3) is 0.750. The van der Waals surface area contributed by atoms with Crippen molar-refractivity contribution in [2.24, 2.45) is 5.92 Å². The molecule has 0 radical (unpaired) electrons. The molecule has 0 aromatic rings. The summed E-state index contributed by atoms with van der Waals surface area (Å²) < 4.78 is 4.82. The van der Waals surface area contributed by atoms with Crippen LogP contribution in [0.2, 0.25) is 0 Å². The fourth-order valence-electron chi connectivity index (χ4n) is 1.79. The van der Waals surface area contributed by atoms with Gasteiger partial charge >= 0.3 is 18.0 Å². The largest absolute Gasteiger partial charge is 0.481 e. The average molecular weight is 272 g/mol. The second kappa shape index (κ2) is 6.40. The van der Waals surface area contributed by atoms with Crippen LogP contribution in [-0.4, -0.2) is 65.2 Å². The molecule has 0 aromatic carbocycles. The van der Waals surface area contributed by atoms with Gasteiger partial charge in [0, 0.05) is 19.1 Å². The smallest absolute Gasteiger partial charge is 0.325 e. The van der Waals surface area contributed by atoms with E-state index in [1.807, 2.05) is 0 Å². The van der Waals surface area contributed by atoms with E-state index >= 15 is 0 Å². The van der Waals surface area contributed by atoms with Crippen LogP contribution >= 0.6 is 0 Å². The van der Waals surface area contributed by atoms with Gasteiger partial charge in [0.05, 0.1) is 12.5 Å². The molecule has 0 bridgehead atoms. The normalized spacial score (nSPS) is 15.1. The lowest BCUT2D eigenvalue weighted by Gasteiger charge is -2.40. The van der Waals surface area contributed by atoms with Crippen LogP contribution in [0.4, 0.5) is 4.79 Å². The minimum Gasteiger partial charge on any atom is -0.481 e. The number of rotatable bonds is 5. The number of hydrogen-bond acceptors (Lipinski definition) is 4. The van der Waals surface area contributed by atoms with Gasteiger partial charge in [-0.05, 0) is 20.8 Å². The zero-order valence-corrected chi connectivity index (χ0v) is 11.5. The van der Waals surface area contributed by atoms with Crippen molar-refractivity contribution in [2.75, 3.05) is 26.2 Å². The number of carbonyl (C=O) groups excluding carboxylic acids is 2.